The van der Waals surface area contributed by atoms with Crippen molar-refractivity contribution in [1.82, 2.24) is 0 Å². The van der Waals surface area contributed by atoms with Crippen LogP contribution in [0.4, 0.5) is 114 Å². The zero-order valence-corrected chi connectivity index (χ0v) is 73.7. The first-order chi connectivity index (χ1) is 64.1. The van der Waals surface area contributed by atoms with Gasteiger partial charge >= 0.3 is 0 Å². The lowest BCUT2D eigenvalue weighted by Gasteiger charge is -2.05. The molecular formula is C107H93N21O3. The molecular weight excluding hydrogens is 1630 g/mol. The highest BCUT2D eigenvalue weighted by atomic mass is 17.3. The molecule has 644 valence electrons. The number of fused-ring (bicyclic) bond motifs is 2. The van der Waals surface area contributed by atoms with E-state index in [-0.39, 0.29) is 0 Å². The van der Waals surface area contributed by atoms with Crippen LogP contribution in [0, 0.1) is 55.4 Å². The smallest absolute Gasteiger partial charge is 0.167 e. The van der Waals surface area contributed by atoms with Crippen molar-refractivity contribution in [1.29, 1.82) is 0 Å². The first-order valence-corrected chi connectivity index (χ1v) is 41.9. The van der Waals surface area contributed by atoms with Gasteiger partial charge in [-0.05, 0) is 301 Å². The summed E-state index contributed by atoms with van der Waals surface area (Å²) in [6.07, 6.45) is 0. The molecule has 0 unspecified atom stereocenters. The van der Waals surface area contributed by atoms with E-state index in [4.69, 9.17) is 15.5 Å². The number of benzene rings is 17. The third-order valence-corrected chi connectivity index (χ3v) is 19.6. The van der Waals surface area contributed by atoms with Crippen molar-refractivity contribution in [3.8, 4) is 11.5 Å². The molecule has 2 N–H and O–H groups in total. The average Bonchev–Trinajstić information content (AvgIpc) is 0.813. The fourth-order valence-corrected chi connectivity index (χ4v) is 12.3. The molecule has 0 saturated heterocycles. The lowest BCUT2D eigenvalue weighted by atomic mass is 10.1. The molecule has 24 nitrogen and oxygen atoms in total. The van der Waals surface area contributed by atoms with Crippen molar-refractivity contribution in [2.75, 3.05) is 7.11 Å². The molecule has 17 aromatic rings. The van der Waals surface area contributed by atoms with E-state index in [9.17, 15) is 0 Å². The number of aryl methyl sites for hydroxylation is 8. The van der Waals surface area contributed by atoms with E-state index in [0.717, 1.165) is 135 Å². The molecule has 0 spiro atoms. The molecule has 0 aliphatic carbocycles. The highest BCUT2D eigenvalue weighted by Crippen LogP contribution is 2.39. The predicted molar refractivity (Wildman–Crippen MR) is 524 cm³/mol. The Labute approximate surface area is 760 Å². The van der Waals surface area contributed by atoms with Crippen LogP contribution in [-0.4, -0.2) is 7.11 Å². The van der Waals surface area contributed by atoms with E-state index in [1.54, 1.807) is 49.6 Å². The van der Waals surface area contributed by atoms with Crippen molar-refractivity contribution in [2.24, 2.45) is 108 Å². The van der Waals surface area contributed by atoms with E-state index in [0.29, 0.717) is 28.6 Å². The molecule has 0 aliphatic heterocycles. The van der Waals surface area contributed by atoms with Gasteiger partial charge in [0.15, 0.2) is 5.75 Å². The molecule has 17 aromatic carbocycles. The Morgan fingerprint density at radius 2 is 0.489 bits per heavy atom. The quantitative estimate of drug-likeness (QED) is 0.0371. The van der Waals surface area contributed by atoms with Crippen LogP contribution in [0.2, 0.25) is 0 Å². The van der Waals surface area contributed by atoms with Crippen LogP contribution in [0.1, 0.15) is 44.5 Å². The Balaban J connectivity index is 0.000000140. The summed E-state index contributed by atoms with van der Waals surface area (Å²) in [7, 11) is 1.57. The SMILES string of the molecule is COc1cc(N=Nc2ccc(OON)cc2)ccc1N=Nc1ccc(C)cc1.Cc1ccc(N=Nc2ccc(N=Nc3ccccc3)c3ccccc23)cc1.Cc1ccc(N=Nc2ccc(N=Nc3ccccc3)cc2)cc1.Cc1ccc(N=Nc2ccc(N=Nc3ccccc3)cc2)cc1C.Cc1cccc(N=Nc2ccc(N=Nc3c(C)ccc4ccccc34)cc2C)c1. The first-order valence-electron chi connectivity index (χ1n) is 41.9. The maximum absolute atomic E-state index is 5.39. The number of hydrogen-bond acceptors (Lipinski definition) is 24. The number of nitrogens with two attached hydrogens (primary N) is 1. The van der Waals surface area contributed by atoms with Gasteiger partial charge in [0.05, 0.1) is 115 Å². The van der Waals surface area contributed by atoms with E-state index >= 15 is 0 Å². The summed E-state index contributed by atoms with van der Waals surface area (Å²) in [5, 5.41) is 90.2. The number of azo groups is 10. The largest absolute Gasteiger partial charge is 0.494 e. The third-order valence-electron chi connectivity index (χ3n) is 19.6. The lowest BCUT2D eigenvalue weighted by molar-refractivity contribution is -0.211. The normalized spacial score (nSPS) is 11.5. The van der Waals surface area contributed by atoms with Crippen LogP contribution in [0.3, 0.4) is 0 Å². The topological polar surface area (TPSA) is 301 Å². The summed E-state index contributed by atoms with van der Waals surface area (Å²) >= 11 is 0. The Morgan fingerprint density at radius 3 is 0.908 bits per heavy atom. The van der Waals surface area contributed by atoms with Crippen molar-refractivity contribution >= 4 is 135 Å². The Hall–Kier alpha value is -17.2. The second-order valence-electron chi connectivity index (χ2n) is 29.8. The minimum atomic E-state index is 0.464. The third kappa shape index (κ3) is 28.9. The first kappa shape index (κ1) is 91.5. The number of ether oxygens (including phenoxy) is 1. The van der Waals surface area contributed by atoms with Crippen LogP contribution < -0.4 is 15.5 Å². The molecule has 24 heteroatoms. The Morgan fingerprint density at radius 1 is 0.191 bits per heavy atom. The highest BCUT2D eigenvalue weighted by Gasteiger charge is 2.10. The molecule has 0 heterocycles. The van der Waals surface area contributed by atoms with Gasteiger partial charge in [0, 0.05) is 22.2 Å². The fraction of sp³-hybridized carbons (Fsp3) is 0.0841. The average molecular weight is 1720 g/mol. The molecule has 0 saturated carbocycles. The zero-order chi connectivity index (χ0) is 91.1. The molecule has 131 heavy (non-hydrogen) atoms. The van der Waals surface area contributed by atoms with E-state index < -0.39 is 0 Å². The van der Waals surface area contributed by atoms with Gasteiger partial charge in [0.25, 0.3) is 0 Å². The van der Waals surface area contributed by atoms with Gasteiger partial charge in [-0.2, -0.15) is 87.7 Å². The van der Waals surface area contributed by atoms with Crippen LogP contribution in [-0.2, 0) is 4.99 Å². The number of methoxy groups -OCH3 is 1. The summed E-state index contributed by atoms with van der Waals surface area (Å²) < 4.78 is 5.39. The summed E-state index contributed by atoms with van der Waals surface area (Å²) in [5.41, 5.74) is 25.1. The van der Waals surface area contributed by atoms with Gasteiger partial charge in [0.1, 0.15) is 11.4 Å². The molecule has 0 aliphatic rings. The minimum absolute atomic E-state index is 0.464. The zero-order valence-electron chi connectivity index (χ0n) is 73.7. The van der Waals surface area contributed by atoms with Crippen LogP contribution >= 0.6 is 0 Å². The maximum Gasteiger partial charge on any atom is 0.167 e. The van der Waals surface area contributed by atoms with Gasteiger partial charge in [-0.1, -0.05) is 192 Å². The predicted octanol–water partition coefficient (Wildman–Crippen LogP) is 36.6. The second kappa shape index (κ2) is 47.8. The fourth-order valence-electron chi connectivity index (χ4n) is 12.3. The van der Waals surface area contributed by atoms with Crippen LogP contribution in [0.5, 0.6) is 11.5 Å². The Bertz CT molecular complexity index is 6940. The number of rotatable bonds is 23. The van der Waals surface area contributed by atoms with Crippen molar-refractivity contribution in [3.05, 3.63) is 433 Å². The van der Waals surface area contributed by atoms with Crippen molar-refractivity contribution < 1.29 is 14.6 Å². The summed E-state index contributed by atoms with van der Waals surface area (Å²) in [5.74, 6) is 5.86. The summed E-state index contributed by atoms with van der Waals surface area (Å²) in [6.45, 7) is 16.4. The van der Waals surface area contributed by atoms with E-state index in [2.05, 4.69) is 165 Å². The molecule has 17 rings (SSSR count). The maximum atomic E-state index is 5.39. The van der Waals surface area contributed by atoms with E-state index in [1.165, 1.54) is 27.8 Å². The molecule has 0 amide bonds. The van der Waals surface area contributed by atoms with Crippen molar-refractivity contribution in [2.45, 2.75) is 55.4 Å². The van der Waals surface area contributed by atoms with Crippen LogP contribution in [0.15, 0.2) is 491 Å². The van der Waals surface area contributed by atoms with Gasteiger partial charge in [0.2, 0.25) is 0 Å². The molecule has 0 bridgehead atoms. The van der Waals surface area contributed by atoms with Crippen molar-refractivity contribution in [3.63, 3.8) is 0 Å². The number of nitrogens with zero attached hydrogens (tertiary/aromatic N) is 20. The van der Waals surface area contributed by atoms with Crippen LogP contribution in [0.25, 0.3) is 21.5 Å². The lowest BCUT2D eigenvalue weighted by Crippen LogP contribution is -2.02. The van der Waals surface area contributed by atoms with Gasteiger partial charge in [-0.3, -0.25) is 0 Å². The van der Waals surface area contributed by atoms with Gasteiger partial charge < -0.3 is 9.62 Å². The monoisotopic (exact) mass is 1720 g/mol. The van der Waals surface area contributed by atoms with Gasteiger partial charge in [-0.25, -0.2) is 0 Å². The minimum Gasteiger partial charge on any atom is -0.494 e. The van der Waals surface area contributed by atoms with Gasteiger partial charge in [-0.15, -0.1) is 20.5 Å². The Kier molecular flexibility index (Phi) is 33.3. The molecule has 0 aromatic heterocycles. The molecule has 0 radical (unpaired) electrons. The summed E-state index contributed by atoms with van der Waals surface area (Å²) in [6, 6.07) is 124. The number of hydrogen-bond donors (Lipinski definition) is 1. The second-order valence-corrected chi connectivity index (χ2v) is 29.8. The summed E-state index contributed by atoms with van der Waals surface area (Å²) in [4.78, 5) is 8.80. The van der Waals surface area contributed by atoms with E-state index in [1.807, 2.05) is 343 Å². The molecule has 0 atom stereocenters. The standard InChI is InChI=1S/C25H22N4.C23H18N4.C20H19N5O3.C20H18N4.C19H16N4/c1-17-7-6-9-21(15-17)26-28-24-14-13-22(16-19(24)3)27-29-25-18(2)11-12-20-8-4-5-10-23(20)25;1-17-11-13-19(14-12-17)25-27-23-16-15-22(20-9-5-6-10-21(20)23)26-24-18-7-3-2-4-8-18;1-14-3-5-15(6-4-14)23-25-19-12-9-17(13-20(19)26-2)24-22-16-7-10-18(11-8-16)27-28-21;1-15-8-9-20(14-16(15)2)24-23-19-12-10-18(11-13-19)22-21-17-6-4-3-5-7-17;1-15-7-9-17(10-8-15)21-23-19-13-11-18(12-14-19)22-20-16-5-3-2-4-6-16/h4-16H,1-3H3;2-16H,1H3;3-13H,21H2,1-2H3;3-14H,1-2H3;2-14H,1H3. The highest BCUT2D eigenvalue weighted by molar-refractivity contribution is 6.00. The molecule has 0 fully saturated rings.